The Balaban J connectivity index is 2.85. The number of nitrogens with one attached hydrogen (secondary N) is 2. The summed E-state index contributed by atoms with van der Waals surface area (Å²) >= 11 is 0. The normalized spacial score (nSPS) is 9.55. The van der Waals surface area contributed by atoms with Gasteiger partial charge < -0.3 is 9.84 Å². The number of amides is 1. The number of rotatable bonds is 6. The summed E-state index contributed by atoms with van der Waals surface area (Å²) in [5.41, 5.74) is 4.34. The number of carbonyl (C=O) groups is 1. The monoisotopic (exact) mass is 162 g/mol. The second-order valence-corrected chi connectivity index (χ2v) is 2.01. The minimum Gasteiger partial charge on any atom is -0.464 e. The van der Waals surface area contributed by atoms with Crippen LogP contribution in [-0.2, 0) is 4.74 Å². The summed E-state index contributed by atoms with van der Waals surface area (Å²) < 4.78 is 4.99. The molecule has 0 atom stereocenters. The average molecular weight is 162 g/mol. The number of ether oxygens (including phenoxy) is 1. The molecule has 0 aliphatic heterocycles. The van der Waals surface area contributed by atoms with Crippen molar-refractivity contribution in [1.82, 2.24) is 10.9 Å². The SMILES string of the molecule is CCCCOCNNC(=O)O. The highest BCUT2D eigenvalue weighted by atomic mass is 16.5. The van der Waals surface area contributed by atoms with E-state index in [2.05, 4.69) is 12.3 Å². The first-order valence-corrected chi connectivity index (χ1v) is 3.57. The van der Waals surface area contributed by atoms with Gasteiger partial charge in [-0.25, -0.2) is 10.2 Å². The minimum atomic E-state index is -1.11. The Morgan fingerprint density at radius 2 is 2.36 bits per heavy atom. The van der Waals surface area contributed by atoms with E-state index in [9.17, 15) is 4.79 Å². The van der Waals surface area contributed by atoms with Crippen molar-refractivity contribution in [3.63, 3.8) is 0 Å². The molecule has 0 fully saturated rings. The van der Waals surface area contributed by atoms with Crippen molar-refractivity contribution in [2.45, 2.75) is 19.8 Å². The molecule has 0 aromatic heterocycles. The van der Waals surface area contributed by atoms with E-state index in [1.807, 2.05) is 5.43 Å². The fourth-order valence-electron chi connectivity index (χ4n) is 0.481. The molecule has 0 rings (SSSR count). The maximum absolute atomic E-state index is 9.86. The number of hydrogen-bond acceptors (Lipinski definition) is 3. The predicted molar refractivity (Wildman–Crippen MR) is 40.0 cm³/mol. The van der Waals surface area contributed by atoms with Crippen LogP contribution in [0.15, 0.2) is 0 Å². The standard InChI is InChI=1S/C6H14N2O3/c1-2-3-4-11-5-7-8-6(9)10/h7-8H,2-5H2,1H3,(H,9,10). The first kappa shape index (κ1) is 10.2. The largest absolute Gasteiger partial charge is 0.464 e. The second-order valence-electron chi connectivity index (χ2n) is 2.01. The minimum absolute atomic E-state index is 0.215. The van der Waals surface area contributed by atoms with Crippen LogP contribution in [0.5, 0.6) is 0 Å². The predicted octanol–water partition coefficient (Wildman–Crippen LogP) is 0.533. The van der Waals surface area contributed by atoms with Crippen LogP contribution in [0.3, 0.4) is 0 Å². The molecule has 0 aliphatic carbocycles. The highest BCUT2D eigenvalue weighted by molar-refractivity contribution is 5.63. The molecule has 0 saturated heterocycles. The summed E-state index contributed by atoms with van der Waals surface area (Å²) in [5, 5.41) is 8.09. The Labute approximate surface area is 65.7 Å². The van der Waals surface area contributed by atoms with Crippen molar-refractivity contribution in [2.24, 2.45) is 0 Å². The lowest BCUT2D eigenvalue weighted by Gasteiger charge is -2.03. The molecule has 0 radical (unpaired) electrons. The Hall–Kier alpha value is -0.810. The van der Waals surface area contributed by atoms with E-state index >= 15 is 0 Å². The lowest BCUT2D eigenvalue weighted by molar-refractivity contribution is 0.101. The van der Waals surface area contributed by atoms with Gasteiger partial charge in [0.15, 0.2) is 0 Å². The summed E-state index contributed by atoms with van der Waals surface area (Å²) in [6.07, 6.45) is 0.963. The van der Waals surface area contributed by atoms with Crippen molar-refractivity contribution in [3.8, 4) is 0 Å². The molecule has 0 aromatic carbocycles. The molecule has 0 spiro atoms. The maximum Gasteiger partial charge on any atom is 0.419 e. The van der Waals surface area contributed by atoms with Crippen LogP contribution >= 0.6 is 0 Å². The van der Waals surface area contributed by atoms with Crippen molar-refractivity contribution in [2.75, 3.05) is 13.3 Å². The zero-order chi connectivity index (χ0) is 8.53. The molecular formula is C6H14N2O3. The quantitative estimate of drug-likeness (QED) is 0.303. The van der Waals surface area contributed by atoms with Gasteiger partial charge in [0, 0.05) is 6.61 Å². The van der Waals surface area contributed by atoms with Crippen LogP contribution in [0, 0.1) is 0 Å². The number of unbranched alkanes of at least 4 members (excludes halogenated alkanes) is 1. The fraction of sp³-hybridized carbons (Fsp3) is 0.833. The first-order valence-electron chi connectivity index (χ1n) is 3.57. The summed E-state index contributed by atoms with van der Waals surface area (Å²) in [6, 6.07) is 0. The summed E-state index contributed by atoms with van der Waals surface area (Å²) in [6.45, 7) is 2.93. The van der Waals surface area contributed by atoms with Crippen LogP contribution in [0.25, 0.3) is 0 Å². The molecule has 0 heterocycles. The second kappa shape index (κ2) is 7.30. The summed E-state index contributed by atoms with van der Waals surface area (Å²) in [7, 11) is 0. The molecule has 5 nitrogen and oxygen atoms in total. The summed E-state index contributed by atoms with van der Waals surface area (Å²) in [4.78, 5) is 9.86. The third-order valence-electron chi connectivity index (χ3n) is 1.01. The van der Waals surface area contributed by atoms with Crippen molar-refractivity contribution < 1.29 is 14.6 Å². The van der Waals surface area contributed by atoms with Crippen LogP contribution in [0.2, 0.25) is 0 Å². The van der Waals surface area contributed by atoms with E-state index in [1.165, 1.54) is 0 Å². The lowest BCUT2D eigenvalue weighted by atomic mass is 10.4. The van der Waals surface area contributed by atoms with E-state index in [4.69, 9.17) is 9.84 Å². The Kier molecular flexibility index (Phi) is 6.76. The number of carboxylic acid groups (broad SMARTS) is 1. The van der Waals surface area contributed by atoms with Crippen LogP contribution in [0.4, 0.5) is 4.79 Å². The van der Waals surface area contributed by atoms with E-state index in [0.717, 1.165) is 12.8 Å². The molecule has 1 amide bonds. The molecule has 11 heavy (non-hydrogen) atoms. The van der Waals surface area contributed by atoms with E-state index in [1.54, 1.807) is 0 Å². The molecule has 0 saturated carbocycles. The molecular weight excluding hydrogens is 148 g/mol. The Morgan fingerprint density at radius 3 is 2.91 bits per heavy atom. The van der Waals surface area contributed by atoms with Gasteiger partial charge in [-0.05, 0) is 6.42 Å². The van der Waals surface area contributed by atoms with Crippen molar-refractivity contribution >= 4 is 6.09 Å². The average Bonchev–Trinajstić information content (AvgIpc) is 1.96. The van der Waals surface area contributed by atoms with Gasteiger partial charge in [-0.15, -0.1) is 0 Å². The van der Waals surface area contributed by atoms with Gasteiger partial charge in [0.05, 0.1) is 0 Å². The molecule has 66 valence electrons. The lowest BCUT2D eigenvalue weighted by Crippen LogP contribution is -2.37. The van der Waals surface area contributed by atoms with Crippen molar-refractivity contribution in [3.05, 3.63) is 0 Å². The third kappa shape index (κ3) is 9.19. The molecule has 0 bridgehead atoms. The third-order valence-corrected chi connectivity index (χ3v) is 1.01. The maximum atomic E-state index is 9.86. The van der Waals surface area contributed by atoms with Gasteiger partial charge in [0.25, 0.3) is 0 Å². The number of hydrogen-bond donors (Lipinski definition) is 3. The smallest absolute Gasteiger partial charge is 0.419 e. The van der Waals surface area contributed by atoms with Crippen LogP contribution < -0.4 is 10.9 Å². The molecule has 0 aliphatic rings. The zero-order valence-corrected chi connectivity index (χ0v) is 6.59. The highest BCUT2D eigenvalue weighted by Gasteiger charge is 1.90. The van der Waals surface area contributed by atoms with Crippen LogP contribution in [-0.4, -0.2) is 24.5 Å². The molecule has 3 N–H and O–H groups in total. The molecule has 5 heteroatoms. The van der Waals surface area contributed by atoms with E-state index in [0.29, 0.717) is 6.61 Å². The topological polar surface area (TPSA) is 70.6 Å². The number of hydrazine groups is 1. The Morgan fingerprint density at radius 1 is 1.64 bits per heavy atom. The van der Waals surface area contributed by atoms with E-state index < -0.39 is 6.09 Å². The van der Waals surface area contributed by atoms with Crippen LogP contribution in [0.1, 0.15) is 19.8 Å². The van der Waals surface area contributed by atoms with E-state index in [-0.39, 0.29) is 6.73 Å². The first-order chi connectivity index (χ1) is 5.27. The zero-order valence-electron chi connectivity index (χ0n) is 6.59. The van der Waals surface area contributed by atoms with Gasteiger partial charge in [-0.3, -0.25) is 5.43 Å². The van der Waals surface area contributed by atoms with Crippen molar-refractivity contribution in [1.29, 1.82) is 0 Å². The highest BCUT2D eigenvalue weighted by Crippen LogP contribution is 1.85. The van der Waals surface area contributed by atoms with Gasteiger partial charge in [-0.1, -0.05) is 13.3 Å². The molecule has 0 unspecified atom stereocenters. The fourth-order valence-corrected chi connectivity index (χ4v) is 0.481. The Bertz CT molecular complexity index is 108. The van der Waals surface area contributed by atoms with Gasteiger partial charge >= 0.3 is 6.09 Å². The van der Waals surface area contributed by atoms with Gasteiger partial charge in [-0.2, -0.15) is 0 Å². The van der Waals surface area contributed by atoms with Gasteiger partial charge in [0.2, 0.25) is 0 Å². The summed E-state index contributed by atoms with van der Waals surface area (Å²) in [5.74, 6) is 0. The molecule has 0 aromatic rings. The van der Waals surface area contributed by atoms with Gasteiger partial charge in [0.1, 0.15) is 6.73 Å².